The van der Waals surface area contributed by atoms with Crippen LogP contribution in [-0.2, 0) is 20.5 Å². The molecule has 1 amide bonds. The van der Waals surface area contributed by atoms with Gasteiger partial charge in [-0.05, 0) is 54.3 Å². The van der Waals surface area contributed by atoms with Gasteiger partial charge in [-0.3, -0.25) is 9.59 Å². The molecular formula is C37H43F3N4O6. The molecule has 268 valence electrons. The van der Waals surface area contributed by atoms with E-state index in [0.29, 0.717) is 75.8 Å². The molecule has 0 unspecified atom stereocenters. The monoisotopic (exact) mass is 696 g/mol. The molecule has 1 aromatic heterocycles. The topological polar surface area (TPSA) is 105 Å². The number of likely N-dealkylation sites (tertiary alicyclic amines) is 1. The molecule has 0 radical (unpaired) electrons. The Balaban J connectivity index is 1.31. The van der Waals surface area contributed by atoms with E-state index >= 15 is 0 Å². The molecule has 2 aromatic carbocycles. The summed E-state index contributed by atoms with van der Waals surface area (Å²) >= 11 is 0. The van der Waals surface area contributed by atoms with Crippen molar-refractivity contribution < 1.29 is 42.1 Å². The molecule has 4 atom stereocenters. The standard InChI is InChI=1S/C37H43F3N4O6/c1-48-22-25-18-44(20-31(25)29-9-6-26(37(38,39)40)16-33(29)42-14-11-24(12-15-42)36(46)47)35(45)32-21-43(27-10-13-41-34(17-27)50-3)19-30(32)23-4-7-28(49-2)8-5-23/h4-10,13,16-17,24-25,30-32H,11-12,14-15,18-22H2,1-3H3,(H,46,47)/t25-,30+,31+,32-/m1/s1. The number of benzene rings is 2. The van der Waals surface area contributed by atoms with Crippen molar-refractivity contribution in [3.05, 3.63) is 77.5 Å². The Hall–Kier alpha value is -4.52. The van der Waals surface area contributed by atoms with Crippen molar-refractivity contribution in [2.75, 3.05) is 77.0 Å². The number of nitrogens with zero attached hydrogens (tertiary/aromatic N) is 4. The van der Waals surface area contributed by atoms with Gasteiger partial charge in [0.05, 0.1) is 38.2 Å². The fourth-order valence-electron chi connectivity index (χ4n) is 7.86. The quantitative estimate of drug-likeness (QED) is 0.293. The smallest absolute Gasteiger partial charge is 0.416 e. The highest BCUT2D eigenvalue weighted by atomic mass is 19.4. The van der Waals surface area contributed by atoms with Gasteiger partial charge >= 0.3 is 12.1 Å². The summed E-state index contributed by atoms with van der Waals surface area (Å²) in [5.41, 5.74) is 2.30. The number of piperidine rings is 1. The van der Waals surface area contributed by atoms with E-state index in [1.54, 1.807) is 27.5 Å². The number of carbonyl (C=O) groups excluding carboxylic acids is 1. The number of carboxylic acid groups (broad SMARTS) is 1. The highest BCUT2D eigenvalue weighted by Crippen LogP contribution is 2.44. The minimum Gasteiger partial charge on any atom is -0.497 e. The van der Waals surface area contributed by atoms with Gasteiger partial charge in [-0.2, -0.15) is 13.2 Å². The molecule has 10 nitrogen and oxygen atoms in total. The number of ether oxygens (including phenoxy) is 3. The number of alkyl halides is 3. The number of carbonyl (C=O) groups is 2. The van der Waals surface area contributed by atoms with Crippen LogP contribution in [0, 0.1) is 17.8 Å². The summed E-state index contributed by atoms with van der Waals surface area (Å²) in [5, 5.41) is 9.52. The maximum Gasteiger partial charge on any atom is 0.416 e. The van der Waals surface area contributed by atoms with Crippen LogP contribution in [0.15, 0.2) is 60.8 Å². The fraction of sp³-hybridized carbons (Fsp3) is 0.486. The summed E-state index contributed by atoms with van der Waals surface area (Å²) in [6.45, 7) is 2.76. The third-order valence-electron chi connectivity index (χ3n) is 10.5. The van der Waals surface area contributed by atoms with Crippen LogP contribution in [-0.4, -0.2) is 94.1 Å². The predicted octanol–water partition coefficient (Wildman–Crippen LogP) is 5.53. The number of methoxy groups -OCH3 is 3. The lowest BCUT2D eigenvalue weighted by molar-refractivity contribution is -0.142. The second kappa shape index (κ2) is 14.8. The summed E-state index contributed by atoms with van der Waals surface area (Å²) in [6, 6.07) is 15.3. The first kappa shape index (κ1) is 35.3. The maximum atomic E-state index is 14.6. The summed E-state index contributed by atoms with van der Waals surface area (Å²) in [7, 11) is 4.75. The molecular weight excluding hydrogens is 653 g/mol. The number of hydrogen-bond donors (Lipinski definition) is 1. The third-order valence-corrected chi connectivity index (χ3v) is 10.5. The van der Waals surface area contributed by atoms with E-state index < -0.39 is 29.5 Å². The molecule has 1 N–H and O–H groups in total. The van der Waals surface area contributed by atoms with Crippen LogP contribution in [0.5, 0.6) is 11.6 Å². The summed E-state index contributed by atoms with van der Waals surface area (Å²) in [5.74, 6) is -1.21. The number of anilines is 2. The Labute approximate surface area is 289 Å². The van der Waals surface area contributed by atoms with Gasteiger partial charge < -0.3 is 34.0 Å². The van der Waals surface area contributed by atoms with Gasteiger partial charge in [0, 0.05) is 87.8 Å². The number of aromatic nitrogens is 1. The van der Waals surface area contributed by atoms with Crippen molar-refractivity contribution in [3.8, 4) is 11.6 Å². The number of aliphatic carboxylic acids is 1. The van der Waals surface area contributed by atoms with E-state index in [4.69, 9.17) is 14.2 Å². The normalized spacial score (nSPS) is 23.0. The van der Waals surface area contributed by atoms with E-state index in [9.17, 15) is 27.9 Å². The number of rotatable bonds is 10. The molecule has 0 spiro atoms. The lowest BCUT2D eigenvalue weighted by Gasteiger charge is -2.35. The van der Waals surface area contributed by atoms with Crippen LogP contribution in [0.3, 0.4) is 0 Å². The molecule has 50 heavy (non-hydrogen) atoms. The Morgan fingerprint density at radius 3 is 2.26 bits per heavy atom. The lowest BCUT2D eigenvalue weighted by Crippen LogP contribution is -2.38. The van der Waals surface area contributed by atoms with Crippen LogP contribution in [0.25, 0.3) is 0 Å². The Kier molecular flexibility index (Phi) is 10.4. The van der Waals surface area contributed by atoms with E-state index in [0.717, 1.165) is 23.1 Å². The van der Waals surface area contributed by atoms with Gasteiger partial charge in [-0.15, -0.1) is 0 Å². The maximum absolute atomic E-state index is 14.6. The van der Waals surface area contributed by atoms with Crippen molar-refractivity contribution in [1.82, 2.24) is 9.88 Å². The molecule has 6 rings (SSSR count). The summed E-state index contributed by atoms with van der Waals surface area (Å²) in [4.78, 5) is 36.4. The molecule has 0 aliphatic carbocycles. The first-order valence-corrected chi connectivity index (χ1v) is 16.9. The molecule has 4 heterocycles. The molecule has 0 bridgehead atoms. The van der Waals surface area contributed by atoms with Crippen LogP contribution in [0.4, 0.5) is 24.5 Å². The summed E-state index contributed by atoms with van der Waals surface area (Å²) in [6.07, 6.45) is -2.18. The van der Waals surface area contributed by atoms with Crippen molar-refractivity contribution in [2.24, 2.45) is 17.8 Å². The van der Waals surface area contributed by atoms with Gasteiger partial charge in [-0.25, -0.2) is 4.98 Å². The second-order valence-electron chi connectivity index (χ2n) is 13.4. The molecule has 3 aromatic rings. The lowest BCUT2D eigenvalue weighted by atomic mass is 9.86. The average molecular weight is 697 g/mol. The van der Waals surface area contributed by atoms with Crippen LogP contribution in [0.2, 0.25) is 0 Å². The zero-order valence-electron chi connectivity index (χ0n) is 28.4. The molecule has 3 saturated heterocycles. The Bertz CT molecular complexity index is 1660. The zero-order chi connectivity index (χ0) is 35.6. The number of carboxylic acids is 1. The van der Waals surface area contributed by atoms with E-state index in [1.807, 2.05) is 46.2 Å². The van der Waals surface area contributed by atoms with Crippen LogP contribution < -0.4 is 19.3 Å². The molecule has 3 aliphatic heterocycles. The van der Waals surface area contributed by atoms with Crippen molar-refractivity contribution in [1.29, 1.82) is 0 Å². The number of halogens is 3. The minimum atomic E-state index is -4.54. The fourth-order valence-corrected chi connectivity index (χ4v) is 7.86. The molecule has 3 fully saturated rings. The van der Waals surface area contributed by atoms with Crippen LogP contribution >= 0.6 is 0 Å². The molecule has 0 saturated carbocycles. The van der Waals surface area contributed by atoms with Crippen molar-refractivity contribution >= 4 is 23.3 Å². The van der Waals surface area contributed by atoms with Gasteiger partial charge in [0.2, 0.25) is 11.8 Å². The highest BCUT2D eigenvalue weighted by Gasteiger charge is 2.45. The number of pyridine rings is 1. The highest BCUT2D eigenvalue weighted by molar-refractivity contribution is 5.82. The first-order valence-electron chi connectivity index (χ1n) is 16.9. The number of amides is 1. The first-order chi connectivity index (χ1) is 24.0. The van der Waals surface area contributed by atoms with Gasteiger partial charge in [-0.1, -0.05) is 18.2 Å². The Morgan fingerprint density at radius 2 is 1.62 bits per heavy atom. The predicted molar refractivity (Wildman–Crippen MR) is 181 cm³/mol. The second-order valence-corrected chi connectivity index (χ2v) is 13.4. The summed E-state index contributed by atoms with van der Waals surface area (Å²) < 4.78 is 58.3. The van der Waals surface area contributed by atoms with Gasteiger partial charge in [0.15, 0.2) is 0 Å². The average Bonchev–Trinajstić information content (AvgIpc) is 3.76. The largest absolute Gasteiger partial charge is 0.497 e. The van der Waals surface area contributed by atoms with Gasteiger partial charge in [0.1, 0.15) is 5.75 Å². The van der Waals surface area contributed by atoms with Gasteiger partial charge in [0.25, 0.3) is 0 Å². The molecule has 3 aliphatic rings. The zero-order valence-corrected chi connectivity index (χ0v) is 28.4. The number of hydrogen-bond acceptors (Lipinski definition) is 8. The molecule has 13 heteroatoms. The Morgan fingerprint density at radius 1 is 0.880 bits per heavy atom. The SMILES string of the molecule is COC[C@H]1CN(C(=O)[C@@H]2CN(c3ccnc(OC)c3)C[C@H]2c2ccc(OC)cc2)C[C@@H]1c1ccc(C(F)(F)F)cc1N1CCC(C(=O)O)CC1. The van der Waals surface area contributed by atoms with E-state index in [1.165, 1.54) is 12.1 Å². The third kappa shape index (κ3) is 7.33. The van der Waals surface area contributed by atoms with Crippen molar-refractivity contribution in [3.63, 3.8) is 0 Å². The van der Waals surface area contributed by atoms with Crippen LogP contribution in [0.1, 0.15) is 41.4 Å². The van der Waals surface area contributed by atoms with E-state index in [-0.39, 0.29) is 23.7 Å². The van der Waals surface area contributed by atoms with Crippen molar-refractivity contribution in [2.45, 2.75) is 30.9 Å². The van der Waals surface area contributed by atoms with E-state index in [2.05, 4.69) is 9.88 Å². The minimum absolute atomic E-state index is 0.0197.